The van der Waals surface area contributed by atoms with Gasteiger partial charge in [0.05, 0.1) is 6.10 Å². The predicted octanol–water partition coefficient (Wildman–Crippen LogP) is 1.90. The molecule has 2 atom stereocenters. The summed E-state index contributed by atoms with van der Waals surface area (Å²) in [6.07, 6.45) is 2.95. The molecular weight excluding hydrogens is 318 g/mol. The van der Waals surface area contributed by atoms with Crippen molar-refractivity contribution in [2.24, 2.45) is 11.7 Å². The molecule has 1 aliphatic carbocycles. The van der Waals surface area contributed by atoms with E-state index >= 15 is 0 Å². The summed E-state index contributed by atoms with van der Waals surface area (Å²) in [4.78, 5) is 23.9. The topological polar surface area (TPSA) is 93.5 Å². The van der Waals surface area contributed by atoms with Gasteiger partial charge in [0.2, 0.25) is 5.91 Å². The molecule has 0 bridgehead atoms. The molecule has 6 nitrogen and oxygen atoms in total. The van der Waals surface area contributed by atoms with Gasteiger partial charge in [0.15, 0.2) is 0 Å². The van der Waals surface area contributed by atoms with E-state index < -0.39 is 6.10 Å². The highest BCUT2D eigenvalue weighted by Gasteiger charge is 2.30. The third-order valence-electron chi connectivity index (χ3n) is 4.01. The van der Waals surface area contributed by atoms with E-state index in [1.54, 1.807) is 18.2 Å². The van der Waals surface area contributed by atoms with Crippen molar-refractivity contribution in [1.82, 2.24) is 0 Å². The van der Waals surface area contributed by atoms with Gasteiger partial charge >= 0.3 is 0 Å². The van der Waals surface area contributed by atoms with Gasteiger partial charge in [-0.05, 0) is 43.9 Å². The Kier molecular flexibility index (Phi) is 5.98. The number of rotatable bonds is 5. The van der Waals surface area contributed by atoms with Crippen molar-refractivity contribution in [3.05, 3.63) is 24.3 Å². The molecule has 0 radical (unpaired) electrons. The number of nitrogens with two attached hydrogens (primary N) is 1. The van der Waals surface area contributed by atoms with Crippen molar-refractivity contribution < 1.29 is 14.3 Å². The first kappa shape index (κ1) is 17.7. The van der Waals surface area contributed by atoms with Crippen molar-refractivity contribution in [1.29, 1.82) is 0 Å². The van der Waals surface area contributed by atoms with E-state index in [0.29, 0.717) is 24.3 Å². The van der Waals surface area contributed by atoms with Gasteiger partial charge in [-0.2, -0.15) is 0 Å². The molecule has 126 valence electrons. The lowest BCUT2D eigenvalue weighted by Crippen LogP contribution is -2.29. The molecule has 1 aliphatic heterocycles. The summed E-state index contributed by atoms with van der Waals surface area (Å²) < 4.78 is 5.57. The number of nitrogens with one attached hydrogen (secondary N) is 2. The van der Waals surface area contributed by atoms with Crippen LogP contribution in [0.3, 0.4) is 0 Å². The average Bonchev–Trinajstić information content (AvgIpc) is 3.25. The van der Waals surface area contributed by atoms with Crippen LogP contribution in [-0.4, -0.2) is 30.6 Å². The lowest BCUT2D eigenvalue weighted by molar-refractivity contribution is -0.126. The van der Waals surface area contributed by atoms with Gasteiger partial charge in [0.1, 0.15) is 6.10 Å². The third-order valence-corrected chi connectivity index (χ3v) is 4.01. The van der Waals surface area contributed by atoms with Crippen LogP contribution in [0.5, 0.6) is 0 Å². The lowest BCUT2D eigenvalue weighted by Gasteiger charge is -2.13. The molecule has 1 saturated carbocycles. The van der Waals surface area contributed by atoms with Gasteiger partial charge in [0.25, 0.3) is 5.91 Å². The number of anilines is 2. The number of carbonyl (C=O) groups excluding carboxylic acids is 2. The molecule has 2 amide bonds. The van der Waals surface area contributed by atoms with Crippen LogP contribution in [0.15, 0.2) is 24.3 Å². The summed E-state index contributed by atoms with van der Waals surface area (Å²) in [5.41, 5.74) is 6.89. The number of ether oxygens (including phenoxy) is 1. The van der Waals surface area contributed by atoms with E-state index in [9.17, 15) is 9.59 Å². The van der Waals surface area contributed by atoms with Crippen LogP contribution in [0.4, 0.5) is 11.4 Å². The van der Waals surface area contributed by atoms with Gasteiger partial charge in [-0.25, -0.2) is 0 Å². The molecule has 2 fully saturated rings. The number of hydrogen-bond donors (Lipinski definition) is 3. The smallest absolute Gasteiger partial charge is 0.253 e. The Balaban J connectivity index is 0.00000192. The standard InChI is InChI=1S/C16H21N3O3.ClH/c17-9-13-6-7-14(22-13)16(21)19-12-3-1-2-11(8-12)18-15(20)10-4-5-10;/h1-3,8,10,13-14H,4-7,9,17H2,(H,18,20)(H,19,21);1H/t13-,14+;/m1./s1. The van der Waals surface area contributed by atoms with Crippen LogP contribution in [0.25, 0.3) is 0 Å². The zero-order valence-electron chi connectivity index (χ0n) is 12.8. The number of halogens is 1. The Morgan fingerprint density at radius 2 is 1.74 bits per heavy atom. The summed E-state index contributed by atoms with van der Waals surface area (Å²) in [5.74, 6) is 0.0355. The van der Waals surface area contributed by atoms with Gasteiger partial charge in [-0.1, -0.05) is 6.07 Å². The van der Waals surface area contributed by atoms with Crippen LogP contribution in [-0.2, 0) is 14.3 Å². The van der Waals surface area contributed by atoms with Crippen LogP contribution in [0, 0.1) is 5.92 Å². The molecule has 0 spiro atoms. The maximum Gasteiger partial charge on any atom is 0.253 e. The number of carbonyl (C=O) groups is 2. The van der Waals surface area contributed by atoms with E-state index in [1.807, 2.05) is 6.07 Å². The van der Waals surface area contributed by atoms with Crippen molar-refractivity contribution >= 4 is 35.6 Å². The lowest BCUT2D eigenvalue weighted by atomic mass is 10.2. The third kappa shape index (κ3) is 4.67. The fourth-order valence-corrected chi connectivity index (χ4v) is 2.56. The molecule has 4 N–H and O–H groups in total. The highest BCUT2D eigenvalue weighted by atomic mass is 35.5. The summed E-state index contributed by atoms with van der Waals surface area (Å²) in [7, 11) is 0. The Hall–Kier alpha value is -1.63. The van der Waals surface area contributed by atoms with Gasteiger partial charge in [-0.3, -0.25) is 9.59 Å². The normalized spacial score (nSPS) is 23.0. The highest BCUT2D eigenvalue weighted by molar-refractivity contribution is 5.97. The van der Waals surface area contributed by atoms with Gasteiger partial charge in [-0.15, -0.1) is 12.4 Å². The van der Waals surface area contributed by atoms with E-state index in [4.69, 9.17) is 10.5 Å². The second kappa shape index (κ2) is 7.77. The summed E-state index contributed by atoms with van der Waals surface area (Å²) in [6.45, 7) is 0.437. The molecule has 23 heavy (non-hydrogen) atoms. The van der Waals surface area contributed by atoms with E-state index in [-0.39, 0.29) is 36.2 Å². The first-order valence-electron chi connectivity index (χ1n) is 7.73. The first-order valence-corrected chi connectivity index (χ1v) is 7.73. The summed E-state index contributed by atoms with van der Waals surface area (Å²) >= 11 is 0. The number of amides is 2. The van der Waals surface area contributed by atoms with Gasteiger partial charge < -0.3 is 21.1 Å². The molecule has 0 aromatic heterocycles. The second-order valence-electron chi connectivity index (χ2n) is 5.89. The minimum absolute atomic E-state index is 0. The fourth-order valence-electron chi connectivity index (χ4n) is 2.56. The van der Waals surface area contributed by atoms with Gasteiger partial charge in [0, 0.05) is 23.8 Å². The monoisotopic (exact) mass is 339 g/mol. The zero-order valence-corrected chi connectivity index (χ0v) is 13.6. The fraction of sp³-hybridized carbons (Fsp3) is 0.500. The molecule has 0 unspecified atom stereocenters. The molecule has 7 heteroatoms. The minimum atomic E-state index is -0.446. The first-order chi connectivity index (χ1) is 10.7. The van der Waals surface area contributed by atoms with E-state index in [2.05, 4.69) is 10.6 Å². The van der Waals surface area contributed by atoms with Crippen LogP contribution in [0.1, 0.15) is 25.7 Å². The molecule has 1 heterocycles. The van der Waals surface area contributed by atoms with Crippen LogP contribution < -0.4 is 16.4 Å². The SMILES string of the molecule is Cl.NC[C@H]1CC[C@@H](C(=O)Nc2cccc(NC(=O)C3CC3)c2)O1. The summed E-state index contributed by atoms with van der Waals surface area (Å²) in [6, 6.07) is 7.16. The molecule has 3 rings (SSSR count). The number of hydrogen-bond acceptors (Lipinski definition) is 4. The second-order valence-corrected chi connectivity index (χ2v) is 5.89. The largest absolute Gasteiger partial charge is 0.364 e. The maximum atomic E-state index is 12.2. The molecule has 1 aromatic rings. The Morgan fingerprint density at radius 3 is 2.30 bits per heavy atom. The summed E-state index contributed by atoms with van der Waals surface area (Å²) in [5, 5.41) is 5.70. The van der Waals surface area contributed by atoms with Crippen molar-refractivity contribution in [2.45, 2.75) is 37.9 Å². The predicted molar refractivity (Wildman–Crippen MR) is 90.6 cm³/mol. The Labute approximate surface area is 141 Å². The minimum Gasteiger partial charge on any atom is -0.364 e. The Morgan fingerprint density at radius 1 is 1.09 bits per heavy atom. The Bertz CT molecular complexity index is 577. The van der Waals surface area contributed by atoms with E-state index in [0.717, 1.165) is 19.3 Å². The zero-order chi connectivity index (χ0) is 15.5. The van der Waals surface area contributed by atoms with Crippen LogP contribution in [0.2, 0.25) is 0 Å². The highest BCUT2D eigenvalue weighted by Crippen LogP contribution is 2.30. The molecular formula is C16H22ClN3O3. The number of benzene rings is 1. The quantitative estimate of drug-likeness (QED) is 0.763. The van der Waals surface area contributed by atoms with Crippen molar-refractivity contribution in [3.63, 3.8) is 0 Å². The average molecular weight is 340 g/mol. The molecule has 1 aromatic carbocycles. The van der Waals surface area contributed by atoms with E-state index in [1.165, 1.54) is 0 Å². The van der Waals surface area contributed by atoms with Crippen molar-refractivity contribution in [2.75, 3.05) is 17.2 Å². The molecule has 1 saturated heterocycles. The maximum absolute atomic E-state index is 12.2. The molecule has 2 aliphatic rings. The van der Waals surface area contributed by atoms with Crippen LogP contribution >= 0.6 is 12.4 Å². The van der Waals surface area contributed by atoms with Crippen molar-refractivity contribution in [3.8, 4) is 0 Å².